The number of benzene rings is 1. The van der Waals surface area contributed by atoms with Crippen molar-refractivity contribution in [1.82, 2.24) is 15.6 Å². The first-order valence-corrected chi connectivity index (χ1v) is 7.39. The van der Waals surface area contributed by atoms with E-state index in [1.54, 1.807) is 31.3 Å². The molecule has 0 spiro atoms. The monoisotopic (exact) mass is 317 g/mol. The molecule has 2 amide bonds. The lowest BCUT2D eigenvalue weighted by molar-refractivity contribution is 0.201. The number of halogens is 1. The van der Waals surface area contributed by atoms with Gasteiger partial charge in [0, 0.05) is 6.20 Å². The molecule has 2 aromatic rings. The van der Waals surface area contributed by atoms with E-state index in [2.05, 4.69) is 15.6 Å². The van der Waals surface area contributed by atoms with Gasteiger partial charge in [-0.1, -0.05) is 18.2 Å². The zero-order chi connectivity index (χ0) is 16.7. The first-order chi connectivity index (χ1) is 11.1. The van der Waals surface area contributed by atoms with Crippen molar-refractivity contribution in [3.63, 3.8) is 0 Å². The van der Waals surface area contributed by atoms with Crippen LogP contribution in [0.3, 0.4) is 0 Å². The fourth-order valence-corrected chi connectivity index (χ4v) is 1.97. The second kappa shape index (κ2) is 8.12. The smallest absolute Gasteiger partial charge is 0.315 e. The number of carbonyl (C=O) groups excluding carboxylic acids is 1. The van der Waals surface area contributed by atoms with Gasteiger partial charge in [-0.2, -0.15) is 0 Å². The van der Waals surface area contributed by atoms with Crippen LogP contribution in [0.25, 0.3) is 0 Å². The Bertz CT molecular complexity index is 664. The van der Waals surface area contributed by atoms with Crippen LogP contribution in [0.2, 0.25) is 0 Å². The molecule has 23 heavy (non-hydrogen) atoms. The minimum atomic E-state index is -0.422. The van der Waals surface area contributed by atoms with Crippen LogP contribution < -0.4 is 15.4 Å². The van der Waals surface area contributed by atoms with Crippen LogP contribution >= 0.6 is 0 Å². The maximum Gasteiger partial charge on any atom is 0.315 e. The zero-order valence-corrected chi connectivity index (χ0v) is 13.2. The maximum absolute atomic E-state index is 13.5. The number of nitrogens with one attached hydrogen (secondary N) is 2. The van der Waals surface area contributed by atoms with E-state index in [-0.39, 0.29) is 24.4 Å². The van der Waals surface area contributed by atoms with E-state index in [1.807, 2.05) is 19.1 Å². The number of pyridine rings is 1. The summed E-state index contributed by atoms with van der Waals surface area (Å²) in [4.78, 5) is 16.0. The first kappa shape index (κ1) is 16.7. The third-order valence-corrected chi connectivity index (χ3v) is 3.25. The molecule has 2 rings (SSSR count). The predicted molar refractivity (Wildman–Crippen MR) is 85.7 cm³/mol. The molecule has 0 aliphatic rings. The summed E-state index contributed by atoms with van der Waals surface area (Å²) in [6, 6.07) is 9.64. The fourth-order valence-electron chi connectivity index (χ4n) is 1.97. The summed E-state index contributed by atoms with van der Waals surface area (Å²) in [6.45, 7) is 4.31. The molecule has 1 aromatic carbocycles. The number of hydrogen-bond acceptors (Lipinski definition) is 3. The largest absolute Gasteiger partial charge is 0.486 e. The third-order valence-electron chi connectivity index (χ3n) is 3.25. The van der Waals surface area contributed by atoms with Gasteiger partial charge in [0.2, 0.25) is 0 Å². The normalized spacial score (nSPS) is 11.6. The number of urea groups is 1. The number of rotatable bonds is 6. The molecule has 1 heterocycles. The van der Waals surface area contributed by atoms with E-state index < -0.39 is 5.82 Å². The van der Waals surface area contributed by atoms with Crippen molar-refractivity contribution >= 4 is 6.03 Å². The summed E-state index contributed by atoms with van der Waals surface area (Å²) >= 11 is 0. The highest BCUT2D eigenvalue weighted by Gasteiger charge is 2.10. The van der Waals surface area contributed by atoms with E-state index in [4.69, 9.17) is 4.74 Å². The van der Waals surface area contributed by atoms with Crippen LogP contribution in [0.1, 0.15) is 18.2 Å². The number of hydrogen-bond donors (Lipinski definition) is 2. The quantitative estimate of drug-likeness (QED) is 0.861. The Hall–Kier alpha value is -2.63. The van der Waals surface area contributed by atoms with Crippen molar-refractivity contribution in [2.45, 2.75) is 26.5 Å². The van der Waals surface area contributed by atoms with E-state index in [1.165, 1.54) is 6.07 Å². The molecule has 1 aromatic heterocycles. The third kappa shape index (κ3) is 5.25. The van der Waals surface area contributed by atoms with Gasteiger partial charge < -0.3 is 15.4 Å². The minimum Gasteiger partial charge on any atom is -0.486 e. The topological polar surface area (TPSA) is 63.2 Å². The van der Waals surface area contributed by atoms with Gasteiger partial charge >= 0.3 is 6.03 Å². The van der Waals surface area contributed by atoms with Gasteiger partial charge in [0.25, 0.3) is 0 Å². The number of amides is 2. The van der Waals surface area contributed by atoms with Gasteiger partial charge in [0.1, 0.15) is 6.10 Å². The van der Waals surface area contributed by atoms with E-state index >= 15 is 0 Å². The number of nitrogens with zero attached hydrogens (tertiary/aromatic N) is 1. The van der Waals surface area contributed by atoms with Gasteiger partial charge in [-0.05, 0) is 37.6 Å². The van der Waals surface area contributed by atoms with Crippen molar-refractivity contribution in [2.75, 3.05) is 6.54 Å². The lowest BCUT2D eigenvalue weighted by Gasteiger charge is -2.16. The second-order valence-electron chi connectivity index (χ2n) is 5.19. The second-order valence-corrected chi connectivity index (χ2v) is 5.19. The number of carbonyl (C=O) groups is 1. The molecule has 0 bridgehead atoms. The van der Waals surface area contributed by atoms with Crippen LogP contribution in [0.15, 0.2) is 42.6 Å². The standard InChI is InChI=1S/C17H20FN3O2/c1-12-6-5-9-19-15(12)11-21-17(22)20-10-13(2)23-16-8-4-3-7-14(16)18/h3-9,13H,10-11H2,1-2H3,(H2,20,21,22). The highest BCUT2D eigenvalue weighted by molar-refractivity contribution is 5.73. The van der Waals surface area contributed by atoms with Gasteiger partial charge in [-0.15, -0.1) is 0 Å². The van der Waals surface area contributed by atoms with Crippen molar-refractivity contribution in [3.05, 3.63) is 59.7 Å². The fraction of sp³-hybridized carbons (Fsp3) is 0.294. The molecule has 0 saturated carbocycles. The highest BCUT2D eigenvalue weighted by Crippen LogP contribution is 2.16. The molecule has 0 saturated heterocycles. The minimum absolute atomic E-state index is 0.173. The van der Waals surface area contributed by atoms with Gasteiger partial charge in [0.05, 0.1) is 18.8 Å². The van der Waals surface area contributed by atoms with E-state index in [0.29, 0.717) is 6.54 Å². The van der Waals surface area contributed by atoms with Crippen molar-refractivity contribution < 1.29 is 13.9 Å². The van der Waals surface area contributed by atoms with Gasteiger partial charge in [-0.3, -0.25) is 4.98 Å². The summed E-state index contributed by atoms with van der Waals surface area (Å²) < 4.78 is 18.9. The Kier molecular flexibility index (Phi) is 5.91. The van der Waals surface area contributed by atoms with Crippen LogP contribution in [-0.4, -0.2) is 23.7 Å². The summed E-state index contributed by atoms with van der Waals surface area (Å²) in [5.41, 5.74) is 1.84. The molecule has 1 atom stereocenters. The molecule has 1 unspecified atom stereocenters. The van der Waals surface area contributed by atoms with Gasteiger partial charge in [0.15, 0.2) is 11.6 Å². The molecule has 0 aliphatic carbocycles. The first-order valence-electron chi connectivity index (χ1n) is 7.39. The van der Waals surface area contributed by atoms with Crippen LogP contribution in [-0.2, 0) is 6.54 Å². The SMILES string of the molecule is Cc1cccnc1CNC(=O)NCC(C)Oc1ccccc1F. The lowest BCUT2D eigenvalue weighted by Crippen LogP contribution is -2.40. The Labute approximate surface area is 134 Å². The Morgan fingerprint density at radius 1 is 1.26 bits per heavy atom. The molecule has 0 fully saturated rings. The number of aryl methyl sites for hydroxylation is 1. The molecule has 122 valence electrons. The van der Waals surface area contributed by atoms with E-state index in [0.717, 1.165) is 11.3 Å². The molecule has 0 radical (unpaired) electrons. The van der Waals surface area contributed by atoms with Crippen molar-refractivity contribution in [2.24, 2.45) is 0 Å². The maximum atomic E-state index is 13.5. The Balaban J connectivity index is 1.74. The summed E-state index contributed by atoms with van der Waals surface area (Å²) in [5, 5.41) is 5.41. The van der Waals surface area contributed by atoms with Crippen LogP contribution in [0.5, 0.6) is 5.75 Å². The average molecular weight is 317 g/mol. The van der Waals surface area contributed by atoms with Crippen molar-refractivity contribution in [1.29, 1.82) is 0 Å². The number of ether oxygens (including phenoxy) is 1. The molecule has 6 heteroatoms. The number of para-hydroxylation sites is 1. The van der Waals surface area contributed by atoms with E-state index in [9.17, 15) is 9.18 Å². The molecule has 0 aliphatic heterocycles. The molecule has 2 N–H and O–H groups in total. The van der Waals surface area contributed by atoms with Crippen LogP contribution in [0, 0.1) is 12.7 Å². The Morgan fingerprint density at radius 3 is 2.78 bits per heavy atom. The summed E-state index contributed by atoms with van der Waals surface area (Å²) in [6.07, 6.45) is 1.33. The van der Waals surface area contributed by atoms with Crippen LogP contribution in [0.4, 0.5) is 9.18 Å². The lowest BCUT2D eigenvalue weighted by atomic mass is 10.2. The zero-order valence-electron chi connectivity index (χ0n) is 13.2. The summed E-state index contributed by atoms with van der Waals surface area (Å²) in [5.74, 6) is -0.249. The average Bonchev–Trinajstić information content (AvgIpc) is 2.54. The molecule has 5 nitrogen and oxygen atoms in total. The molecular formula is C17H20FN3O2. The Morgan fingerprint density at radius 2 is 2.04 bits per heavy atom. The highest BCUT2D eigenvalue weighted by atomic mass is 19.1. The molecular weight excluding hydrogens is 297 g/mol. The summed E-state index contributed by atoms with van der Waals surface area (Å²) in [7, 11) is 0. The van der Waals surface area contributed by atoms with Gasteiger partial charge in [-0.25, -0.2) is 9.18 Å². The number of aromatic nitrogens is 1. The van der Waals surface area contributed by atoms with Crippen molar-refractivity contribution in [3.8, 4) is 5.75 Å². The predicted octanol–water partition coefficient (Wildman–Crippen LogP) is 2.80.